The highest BCUT2D eigenvalue weighted by molar-refractivity contribution is 5.73. The molecule has 0 bridgehead atoms. The largest absolute Gasteiger partial charge is 0.423 e. The van der Waals surface area contributed by atoms with Crippen LogP contribution in [0.2, 0.25) is 0 Å². The van der Waals surface area contributed by atoms with Crippen molar-refractivity contribution in [2.45, 2.75) is 44.8 Å². The van der Waals surface area contributed by atoms with Gasteiger partial charge in [-0.2, -0.15) is 13.2 Å². The lowest BCUT2D eigenvalue weighted by Gasteiger charge is -2.32. The number of amides is 1. The van der Waals surface area contributed by atoms with E-state index in [2.05, 4.69) is 10.2 Å². The molecule has 1 saturated heterocycles. The molecule has 1 fully saturated rings. The Bertz CT molecular complexity index is 458. The van der Waals surface area contributed by atoms with E-state index in [1.165, 1.54) is 6.92 Å². The molecule has 1 aromatic rings. The fourth-order valence-electron chi connectivity index (χ4n) is 2.21. The molecule has 8 heteroatoms. The maximum Gasteiger partial charge on any atom is 0.397 e. The third kappa shape index (κ3) is 3.45. The predicted molar refractivity (Wildman–Crippen MR) is 58.0 cm³/mol. The summed E-state index contributed by atoms with van der Waals surface area (Å²) < 4.78 is 41.7. The highest BCUT2D eigenvalue weighted by Crippen LogP contribution is 2.31. The summed E-state index contributed by atoms with van der Waals surface area (Å²) in [6, 6.07) is -0.402. The molecule has 106 valence electrons. The van der Waals surface area contributed by atoms with E-state index < -0.39 is 24.5 Å². The minimum atomic E-state index is -4.38. The maximum atomic E-state index is 12.2. The predicted octanol–water partition coefficient (Wildman–Crippen LogP) is 2.25. The Kier molecular flexibility index (Phi) is 3.77. The van der Waals surface area contributed by atoms with Gasteiger partial charge in [0.1, 0.15) is 12.5 Å². The molecule has 1 aliphatic rings. The Balaban J connectivity index is 2.14. The normalized spacial score (nSPS) is 20.6. The third-order valence-electron chi connectivity index (χ3n) is 3.03. The molecule has 0 radical (unpaired) electrons. The van der Waals surface area contributed by atoms with Gasteiger partial charge in [-0.05, 0) is 19.3 Å². The molecule has 1 aliphatic heterocycles. The SMILES string of the molecule is CC(=O)N1CCCC[C@H]1c1nnc(CC(F)(F)F)o1. The van der Waals surface area contributed by atoms with Gasteiger partial charge >= 0.3 is 6.18 Å². The molecule has 2 heterocycles. The zero-order valence-corrected chi connectivity index (χ0v) is 10.4. The highest BCUT2D eigenvalue weighted by atomic mass is 19.4. The van der Waals surface area contributed by atoms with E-state index in [1.54, 1.807) is 4.90 Å². The van der Waals surface area contributed by atoms with Gasteiger partial charge in [0, 0.05) is 13.5 Å². The van der Waals surface area contributed by atoms with E-state index in [0.717, 1.165) is 12.8 Å². The number of hydrogen-bond acceptors (Lipinski definition) is 4. The average molecular weight is 277 g/mol. The summed E-state index contributed by atoms with van der Waals surface area (Å²) in [4.78, 5) is 13.0. The second-order valence-corrected chi connectivity index (χ2v) is 4.55. The summed E-state index contributed by atoms with van der Waals surface area (Å²) >= 11 is 0. The van der Waals surface area contributed by atoms with Crippen LogP contribution in [0.1, 0.15) is 44.0 Å². The standard InChI is InChI=1S/C11H14F3N3O2/c1-7(18)17-5-3-2-4-8(17)10-16-15-9(19-10)6-11(12,13)14/h8H,2-6H2,1H3/t8-/m0/s1. The summed E-state index contributed by atoms with van der Waals surface area (Å²) in [5.74, 6) is -0.508. The molecule has 1 amide bonds. The highest BCUT2D eigenvalue weighted by Gasteiger charge is 2.34. The van der Waals surface area contributed by atoms with Crippen molar-refractivity contribution in [2.24, 2.45) is 0 Å². The van der Waals surface area contributed by atoms with Crippen LogP contribution in [0.25, 0.3) is 0 Å². The first-order chi connectivity index (χ1) is 8.87. The molecule has 19 heavy (non-hydrogen) atoms. The number of hydrogen-bond donors (Lipinski definition) is 0. The lowest BCUT2D eigenvalue weighted by atomic mass is 10.0. The van der Waals surface area contributed by atoms with Gasteiger partial charge < -0.3 is 9.32 Å². The summed E-state index contributed by atoms with van der Waals surface area (Å²) in [6.07, 6.45) is -3.23. The monoisotopic (exact) mass is 277 g/mol. The van der Waals surface area contributed by atoms with Crippen LogP contribution in [0.4, 0.5) is 13.2 Å². The van der Waals surface area contributed by atoms with Crippen molar-refractivity contribution in [3.8, 4) is 0 Å². The van der Waals surface area contributed by atoms with Crippen molar-refractivity contribution < 1.29 is 22.4 Å². The molecule has 1 atom stereocenters. The number of nitrogens with zero attached hydrogens (tertiary/aromatic N) is 3. The summed E-state index contributed by atoms with van der Waals surface area (Å²) in [5, 5.41) is 7.04. The van der Waals surface area contributed by atoms with Gasteiger partial charge in [-0.1, -0.05) is 0 Å². The second-order valence-electron chi connectivity index (χ2n) is 4.55. The average Bonchev–Trinajstić information content (AvgIpc) is 2.75. The first-order valence-electron chi connectivity index (χ1n) is 6.03. The summed E-state index contributed by atoms with van der Waals surface area (Å²) in [5.41, 5.74) is 0. The van der Waals surface area contributed by atoms with Crippen LogP contribution in [0.5, 0.6) is 0 Å². The second kappa shape index (κ2) is 5.18. The van der Waals surface area contributed by atoms with Gasteiger partial charge in [0.15, 0.2) is 0 Å². The van der Waals surface area contributed by atoms with E-state index >= 15 is 0 Å². The molecular weight excluding hydrogens is 263 g/mol. The molecule has 5 nitrogen and oxygen atoms in total. The van der Waals surface area contributed by atoms with E-state index in [1.807, 2.05) is 0 Å². The number of carbonyl (C=O) groups excluding carboxylic acids is 1. The molecule has 1 aromatic heterocycles. The Labute approximate surface area is 107 Å². The number of rotatable bonds is 2. The fraction of sp³-hybridized carbons (Fsp3) is 0.727. The van der Waals surface area contributed by atoms with E-state index in [-0.39, 0.29) is 11.8 Å². The van der Waals surface area contributed by atoms with Crippen LogP contribution in [0.15, 0.2) is 4.42 Å². The van der Waals surface area contributed by atoms with Crippen molar-refractivity contribution in [3.63, 3.8) is 0 Å². The fourth-order valence-corrected chi connectivity index (χ4v) is 2.21. The minimum absolute atomic E-state index is 0.0918. The maximum absolute atomic E-state index is 12.2. The molecule has 0 saturated carbocycles. The Morgan fingerprint density at radius 2 is 2.16 bits per heavy atom. The number of aromatic nitrogens is 2. The van der Waals surface area contributed by atoms with Gasteiger partial charge in [-0.25, -0.2) is 0 Å². The zero-order chi connectivity index (χ0) is 14.0. The van der Waals surface area contributed by atoms with Gasteiger partial charge in [0.2, 0.25) is 17.7 Å². The first kappa shape index (κ1) is 13.8. The van der Waals surface area contributed by atoms with Crippen LogP contribution in [-0.4, -0.2) is 33.7 Å². The van der Waals surface area contributed by atoms with Crippen molar-refractivity contribution in [1.29, 1.82) is 0 Å². The van der Waals surface area contributed by atoms with Crippen molar-refractivity contribution in [2.75, 3.05) is 6.54 Å². The van der Waals surface area contributed by atoms with E-state index in [9.17, 15) is 18.0 Å². The molecule has 0 aliphatic carbocycles. The Morgan fingerprint density at radius 3 is 2.79 bits per heavy atom. The quantitative estimate of drug-likeness (QED) is 0.832. The van der Waals surface area contributed by atoms with Gasteiger partial charge in [-0.15, -0.1) is 10.2 Å². The molecule has 0 aromatic carbocycles. The van der Waals surface area contributed by atoms with Crippen molar-refractivity contribution >= 4 is 5.91 Å². The van der Waals surface area contributed by atoms with Crippen molar-refractivity contribution in [3.05, 3.63) is 11.8 Å². The Morgan fingerprint density at radius 1 is 1.42 bits per heavy atom. The number of carbonyl (C=O) groups is 1. The summed E-state index contributed by atoms with van der Waals surface area (Å²) in [7, 11) is 0. The van der Waals surface area contributed by atoms with Crippen molar-refractivity contribution in [1.82, 2.24) is 15.1 Å². The third-order valence-corrected chi connectivity index (χ3v) is 3.03. The molecule has 2 rings (SSSR count). The van der Waals surface area contributed by atoms with Crippen LogP contribution >= 0.6 is 0 Å². The lowest BCUT2D eigenvalue weighted by molar-refractivity contribution is -0.134. The zero-order valence-electron chi connectivity index (χ0n) is 10.4. The lowest BCUT2D eigenvalue weighted by Crippen LogP contribution is -2.37. The molecule has 0 N–H and O–H groups in total. The minimum Gasteiger partial charge on any atom is -0.423 e. The summed E-state index contributed by atoms with van der Waals surface area (Å²) in [6.45, 7) is 1.99. The van der Waals surface area contributed by atoms with E-state index in [0.29, 0.717) is 13.0 Å². The van der Waals surface area contributed by atoms with Gasteiger partial charge in [0.25, 0.3) is 0 Å². The van der Waals surface area contributed by atoms with Crippen LogP contribution in [0.3, 0.4) is 0 Å². The van der Waals surface area contributed by atoms with Gasteiger partial charge in [-0.3, -0.25) is 4.79 Å². The number of alkyl halides is 3. The molecule has 0 spiro atoms. The number of likely N-dealkylation sites (tertiary alicyclic amines) is 1. The number of piperidine rings is 1. The van der Waals surface area contributed by atoms with Crippen LogP contribution in [-0.2, 0) is 11.2 Å². The Hall–Kier alpha value is -1.60. The smallest absolute Gasteiger partial charge is 0.397 e. The van der Waals surface area contributed by atoms with Gasteiger partial charge in [0.05, 0.1) is 0 Å². The topological polar surface area (TPSA) is 59.2 Å². The van der Waals surface area contributed by atoms with E-state index in [4.69, 9.17) is 4.42 Å². The number of halogens is 3. The van der Waals surface area contributed by atoms with Crippen LogP contribution in [0, 0.1) is 0 Å². The molecular formula is C11H14F3N3O2. The first-order valence-corrected chi connectivity index (χ1v) is 6.03. The molecule has 0 unspecified atom stereocenters. The van der Waals surface area contributed by atoms with Crippen LogP contribution < -0.4 is 0 Å².